The number of carboxylic acid groups (broad SMARTS) is 1. The fraction of sp³-hybridized carbons (Fsp3) is 0.750. The first kappa shape index (κ1) is 38.0. The van der Waals surface area contributed by atoms with Gasteiger partial charge in [0.25, 0.3) is 0 Å². The minimum Gasteiger partial charge on any atom is -0.480 e. The van der Waals surface area contributed by atoms with Gasteiger partial charge in [0, 0.05) is 26.2 Å². The molecule has 0 saturated carbocycles. The normalized spacial score (nSPS) is 19.5. The summed E-state index contributed by atoms with van der Waals surface area (Å²) in [6.07, 6.45) is 4.50. The lowest BCUT2D eigenvalue weighted by atomic mass is 10.1. The van der Waals surface area contributed by atoms with Gasteiger partial charge in [-0.1, -0.05) is 6.42 Å². The number of carbonyl (C=O) groups is 5. The summed E-state index contributed by atoms with van der Waals surface area (Å²) < 4.78 is 0. The molecule has 0 aromatic rings. The average Bonchev–Trinajstić information content (AvgIpc) is 3.70. The number of carbonyl (C=O) groups excluding carboxylic acids is 4. The summed E-state index contributed by atoms with van der Waals surface area (Å²) in [5.41, 5.74) is 22.3. The molecule has 260 valence electrons. The van der Waals surface area contributed by atoms with Gasteiger partial charge in [-0.05, 0) is 70.8 Å². The summed E-state index contributed by atoms with van der Waals surface area (Å²) in [6, 6.07) is -4.81. The molecule has 0 spiro atoms. The van der Waals surface area contributed by atoms with Gasteiger partial charge in [-0.15, -0.1) is 0 Å². The molecule has 15 N–H and O–H groups in total. The van der Waals surface area contributed by atoms with Crippen LogP contribution in [0.5, 0.6) is 0 Å². The maximum atomic E-state index is 13.8. The second kappa shape index (κ2) is 19.4. The van der Waals surface area contributed by atoms with Crippen LogP contribution < -0.4 is 44.2 Å². The lowest BCUT2D eigenvalue weighted by Crippen LogP contribution is -2.58. The Morgan fingerprint density at radius 3 is 1.76 bits per heavy atom. The topological polar surface area (TPSA) is 312 Å². The number of hydrogen-bond donors (Lipinski definition) is 11. The molecule has 0 radical (unpaired) electrons. The largest absolute Gasteiger partial charge is 0.480 e. The molecule has 2 aliphatic heterocycles. The maximum Gasteiger partial charge on any atom is 0.326 e. The summed E-state index contributed by atoms with van der Waals surface area (Å²) in [5, 5.41) is 35.1. The number of nitrogens with zero attached hydrogens (tertiary/aromatic N) is 2. The predicted octanol–water partition coefficient (Wildman–Crippen LogP) is -2.99. The summed E-state index contributed by atoms with van der Waals surface area (Å²) >= 11 is 0. The van der Waals surface area contributed by atoms with Crippen molar-refractivity contribution in [1.29, 1.82) is 10.8 Å². The Balaban J connectivity index is 2.19. The van der Waals surface area contributed by atoms with Gasteiger partial charge < -0.3 is 59.1 Å². The number of amides is 4. The van der Waals surface area contributed by atoms with Crippen molar-refractivity contribution in [2.24, 2.45) is 22.9 Å². The molecule has 46 heavy (non-hydrogen) atoms. The molecular weight excluding hydrogens is 600 g/mol. The number of unbranched alkanes of at least 4 members (excludes halogenated alkanes) is 1. The number of carboxylic acids is 1. The van der Waals surface area contributed by atoms with Crippen LogP contribution in [0.1, 0.15) is 70.6 Å². The number of nitrogens with one attached hydrogen (secondary N) is 6. The number of aliphatic carboxylic acids is 1. The molecule has 5 atom stereocenters. The van der Waals surface area contributed by atoms with Crippen molar-refractivity contribution in [3.63, 3.8) is 0 Å². The third kappa shape index (κ3) is 12.0. The molecule has 2 saturated heterocycles. The Hall–Kier alpha value is -4.19. The van der Waals surface area contributed by atoms with Crippen LogP contribution in [0.15, 0.2) is 0 Å². The fourth-order valence-electron chi connectivity index (χ4n) is 5.75. The molecule has 2 heterocycles. The van der Waals surface area contributed by atoms with Gasteiger partial charge in [-0.3, -0.25) is 30.0 Å². The van der Waals surface area contributed by atoms with Crippen LogP contribution in [-0.2, 0) is 24.0 Å². The van der Waals surface area contributed by atoms with Crippen LogP contribution in [0.2, 0.25) is 0 Å². The SMILES string of the molecule is N=C(N)NCCC[C@H](NC(=O)[C@@H]1CCCN1C(=O)[C@H](CCCNC(=N)N)NC(=O)[C@@H](N)CCCCN)C(=O)N1CCC[C@H]1C(=O)O. The fourth-order valence-corrected chi connectivity index (χ4v) is 5.75. The maximum absolute atomic E-state index is 13.8. The predicted molar refractivity (Wildman–Crippen MR) is 170 cm³/mol. The highest BCUT2D eigenvalue weighted by Gasteiger charge is 2.41. The number of hydrogen-bond acceptors (Lipinski definition) is 9. The Labute approximate surface area is 269 Å². The molecule has 0 aromatic heterocycles. The van der Waals surface area contributed by atoms with E-state index in [-0.39, 0.29) is 50.9 Å². The Morgan fingerprint density at radius 1 is 0.761 bits per heavy atom. The highest BCUT2D eigenvalue weighted by atomic mass is 16.4. The van der Waals surface area contributed by atoms with E-state index in [0.29, 0.717) is 64.3 Å². The molecule has 2 aliphatic rings. The van der Waals surface area contributed by atoms with Crippen molar-refractivity contribution in [1.82, 2.24) is 31.1 Å². The van der Waals surface area contributed by atoms with Crippen LogP contribution in [0, 0.1) is 10.8 Å². The molecule has 2 fully saturated rings. The minimum atomic E-state index is -1.12. The van der Waals surface area contributed by atoms with Crippen LogP contribution >= 0.6 is 0 Å². The highest BCUT2D eigenvalue weighted by molar-refractivity contribution is 5.96. The number of rotatable bonds is 19. The van der Waals surface area contributed by atoms with Crippen molar-refractivity contribution in [3.8, 4) is 0 Å². The van der Waals surface area contributed by atoms with E-state index in [0.717, 1.165) is 0 Å². The molecule has 4 amide bonds. The monoisotopic (exact) mass is 652 g/mol. The van der Waals surface area contributed by atoms with E-state index < -0.39 is 59.8 Å². The van der Waals surface area contributed by atoms with Gasteiger partial charge in [0.05, 0.1) is 6.04 Å². The van der Waals surface area contributed by atoms with Crippen molar-refractivity contribution in [2.75, 3.05) is 32.7 Å². The molecule has 0 bridgehead atoms. The van der Waals surface area contributed by atoms with Gasteiger partial charge in [-0.2, -0.15) is 0 Å². The summed E-state index contributed by atoms with van der Waals surface area (Å²) in [5.74, 6) is -3.64. The Morgan fingerprint density at radius 2 is 1.26 bits per heavy atom. The van der Waals surface area contributed by atoms with E-state index in [1.54, 1.807) is 0 Å². The van der Waals surface area contributed by atoms with Gasteiger partial charge in [0.15, 0.2) is 11.9 Å². The van der Waals surface area contributed by atoms with Crippen LogP contribution in [0.4, 0.5) is 0 Å². The first-order valence-electron chi connectivity index (χ1n) is 15.9. The summed E-state index contributed by atoms with van der Waals surface area (Å²) in [6.45, 7) is 1.52. The smallest absolute Gasteiger partial charge is 0.326 e. The van der Waals surface area contributed by atoms with Gasteiger partial charge in [0.1, 0.15) is 24.2 Å². The second-order valence-corrected chi connectivity index (χ2v) is 11.7. The quantitative estimate of drug-likeness (QED) is 0.0378. The Kier molecular flexibility index (Phi) is 16.0. The molecule has 18 nitrogen and oxygen atoms in total. The molecule has 18 heteroatoms. The van der Waals surface area contributed by atoms with Crippen molar-refractivity contribution in [3.05, 3.63) is 0 Å². The zero-order valence-electron chi connectivity index (χ0n) is 26.4. The van der Waals surface area contributed by atoms with Crippen LogP contribution in [-0.4, -0.2) is 119 Å². The van der Waals surface area contributed by atoms with E-state index in [9.17, 15) is 29.1 Å². The van der Waals surface area contributed by atoms with E-state index in [4.69, 9.17) is 33.8 Å². The minimum absolute atomic E-state index is 0.151. The lowest BCUT2D eigenvalue weighted by Gasteiger charge is -2.31. The number of guanidine groups is 2. The van der Waals surface area contributed by atoms with Crippen molar-refractivity contribution in [2.45, 2.75) is 101 Å². The molecular formula is C28H52N12O6. The molecule has 0 aliphatic carbocycles. The van der Waals surface area contributed by atoms with Gasteiger partial charge in [-0.25, -0.2) is 4.79 Å². The first-order chi connectivity index (χ1) is 21.9. The Bertz CT molecular complexity index is 1090. The van der Waals surface area contributed by atoms with Gasteiger partial charge in [0.2, 0.25) is 23.6 Å². The van der Waals surface area contributed by atoms with Crippen LogP contribution in [0.25, 0.3) is 0 Å². The van der Waals surface area contributed by atoms with E-state index in [1.165, 1.54) is 9.80 Å². The summed E-state index contributed by atoms with van der Waals surface area (Å²) in [4.78, 5) is 68.3. The number of likely N-dealkylation sites (tertiary alicyclic amines) is 2. The van der Waals surface area contributed by atoms with Gasteiger partial charge >= 0.3 is 5.97 Å². The molecule has 0 aromatic carbocycles. The van der Waals surface area contributed by atoms with E-state index >= 15 is 0 Å². The number of nitrogens with two attached hydrogens (primary N) is 4. The second-order valence-electron chi connectivity index (χ2n) is 11.7. The van der Waals surface area contributed by atoms with Crippen molar-refractivity contribution >= 4 is 41.5 Å². The molecule has 2 rings (SSSR count). The van der Waals surface area contributed by atoms with E-state index in [1.807, 2.05) is 0 Å². The molecule has 0 unspecified atom stereocenters. The summed E-state index contributed by atoms with van der Waals surface area (Å²) in [7, 11) is 0. The van der Waals surface area contributed by atoms with E-state index in [2.05, 4.69) is 21.3 Å². The lowest BCUT2D eigenvalue weighted by molar-refractivity contribution is -0.150. The third-order valence-electron chi connectivity index (χ3n) is 8.16. The third-order valence-corrected chi connectivity index (χ3v) is 8.16. The zero-order chi connectivity index (χ0) is 34.2. The zero-order valence-corrected chi connectivity index (χ0v) is 26.4. The van der Waals surface area contributed by atoms with Crippen molar-refractivity contribution < 1.29 is 29.1 Å². The highest BCUT2D eigenvalue weighted by Crippen LogP contribution is 2.22. The standard InChI is InChI=1S/C28H52N12O6/c29-12-2-1-7-17(30)22(41)37-18(8-3-13-35-27(31)32)24(43)39-15-5-10-20(39)23(42)38-19(9-4-14-36-28(33)34)25(44)40-16-6-11-21(40)26(45)46/h17-21H,1-16,29-30H2,(H,37,41)(H,38,42)(H,45,46)(H4,31,32,35)(H4,33,34,36)/t17-,18-,19-,20-,21-/m0/s1. The average molecular weight is 653 g/mol. The van der Waals surface area contributed by atoms with Crippen LogP contribution in [0.3, 0.4) is 0 Å². The first-order valence-corrected chi connectivity index (χ1v) is 15.9.